The maximum Gasteiger partial charge on any atom is 0.263 e. The Hall–Kier alpha value is -0.850. The van der Waals surface area contributed by atoms with E-state index in [4.69, 9.17) is 0 Å². The molecule has 0 amide bonds. The topological polar surface area (TPSA) is 46.2 Å². The summed E-state index contributed by atoms with van der Waals surface area (Å²) in [6.07, 6.45) is 0. The van der Waals surface area contributed by atoms with E-state index in [2.05, 4.69) is 36.6 Å². The molecular formula is C14H13Br2NO2S. The molecule has 106 valence electrons. The van der Waals surface area contributed by atoms with Crippen LogP contribution in [0.4, 0.5) is 5.69 Å². The van der Waals surface area contributed by atoms with Crippen LogP contribution in [-0.2, 0) is 10.0 Å². The van der Waals surface area contributed by atoms with E-state index in [1.54, 1.807) is 24.3 Å². The first-order valence-electron chi connectivity index (χ1n) is 5.85. The van der Waals surface area contributed by atoms with Crippen LogP contribution in [0, 0.1) is 13.8 Å². The van der Waals surface area contributed by atoms with Gasteiger partial charge in [0.1, 0.15) is 4.90 Å². The van der Waals surface area contributed by atoms with Gasteiger partial charge in [0.05, 0.1) is 0 Å². The standard InChI is InChI=1S/C14H13Br2NO2S/c1-9-3-5-12(7-10(9)2)17-20(18,19)14-8-11(15)4-6-13(14)16/h3-8,17H,1-2H3. The first kappa shape index (κ1) is 15.5. The zero-order chi connectivity index (χ0) is 14.9. The van der Waals surface area contributed by atoms with Crippen LogP contribution in [-0.4, -0.2) is 8.42 Å². The van der Waals surface area contributed by atoms with E-state index in [9.17, 15) is 8.42 Å². The molecule has 1 N–H and O–H groups in total. The van der Waals surface area contributed by atoms with Crippen molar-refractivity contribution in [3.05, 3.63) is 56.5 Å². The van der Waals surface area contributed by atoms with Crippen molar-refractivity contribution >= 4 is 47.6 Å². The second-order valence-corrected chi connectivity index (χ2v) is 7.90. The molecule has 0 heterocycles. The van der Waals surface area contributed by atoms with Gasteiger partial charge >= 0.3 is 0 Å². The number of anilines is 1. The molecule has 20 heavy (non-hydrogen) atoms. The molecule has 2 aromatic rings. The number of benzene rings is 2. The Morgan fingerprint density at radius 2 is 1.65 bits per heavy atom. The fraction of sp³-hybridized carbons (Fsp3) is 0.143. The van der Waals surface area contributed by atoms with E-state index < -0.39 is 10.0 Å². The monoisotopic (exact) mass is 417 g/mol. The lowest BCUT2D eigenvalue weighted by Crippen LogP contribution is -2.13. The number of rotatable bonds is 3. The van der Waals surface area contributed by atoms with Crippen LogP contribution in [0.1, 0.15) is 11.1 Å². The molecule has 0 atom stereocenters. The van der Waals surface area contributed by atoms with Crippen LogP contribution in [0.5, 0.6) is 0 Å². The Labute approximate surface area is 135 Å². The van der Waals surface area contributed by atoms with Gasteiger partial charge < -0.3 is 0 Å². The highest BCUT2D eigenvalue weighted by atomic mass is 79.9. The fourth-order valence-electron chi connectivity index (χ4n) is 1.70. The number of hydrogen-bond acceptors (Lipinski definition) is 2. The van der Waals surface area contributed by atoms with Gasteiger partial charge in [-0.25, -0.2) is 8.42 Å². The average molecular weight is 419 g/mol. The molecule has 6 heteroatoms. The van der Waals surface area contributed by atoms with Gasteiger partial charge in [0.2, 0.25) is 0 Å². The molecule has 3 nitrogen and oxygen atoms in total. The van der Waals surface area contributed by atoms with Crippen molar-refractivity contribution in [3.8, 4) is 0 Å². The first-order chi connectivity index (χ1) is 9.29. The largest absolute Gasteiger partial charge is 0.280 e. The lowest BCUT2D eigenvalue weighted by atomic mass is 10.1. The lowest BCUT2D eigenvalue weighted by molar-refractivity contribution is 0.600. The predicted molar refractivity (Wildman–Crippen MR) is 88.6 cm³/mol. The highest BCUT2D eigenvalue weighted by Crippen LogP contribution is 2.27. The summed E-state index contributed by atoms with van der Waals surface area (Å²) >= 11 is 6.55. The average Bonchev–Trinajstić information content (AvgIpc) is 2.36. The van der Waals surface area contributed by atoms with Crippen LogP contribution in [0.2, 0.25) is 0 Å². The van der Waals surface area contributed by atoms with Crippen LogP contribution >= 0.6 is 31.9 Å². The van der Waals surface area contributed by atoms with Crippen molar-refractivity contribution < 1.29 is 8.42 Å². The minimum Gasteiger partial charge on any atom is -0.280 e. The lowest BCUT2D eigenvalue weighted by Gasteiger charge is -2.11. The Bertz CT molecular complexity index is 758. The van der Waals surface area contributed by atoms with Crippen LogP contribution in [0.15, 0.2) is 50.2 Å². The van der Waals surface area contributed by atoms with Crippen LogP contribution < -0.4 is 4.72 Å². The Balaban J connectivity index is 2.40. The minimum atomic E-state index is -3.62. The van der Waals surface area contributed by atoms with Gasteiger partial charge in [-0.2, -0.15) is 0 Å². The molecule has 0 spiro atoms. The zero-order valence-corrected chi connectivity index (χ0v) is 14.9. The Morgan fingerprint density at radius 1 is 0.950 bits per heavy atom. The van der Waals surface area contributed by atoms with E-state index >= 15 is 0 Å². The normalized spacial score (nSPS) is 11.4. The summed E-state index contributed by atoms with van der Waals surface area (Å²) in [5.74, 6) is 0. The summed E-state index contributed by atoms with van der Waals surface area (Å²) in [4.78, 5) is 0.199. The molecule has 0 aliphatic rings. The van der Waals surface area contributed by atoms with E-state index in [1.165, 1.54) is 0 Å². The first-order valence-corrected chi connectivity index (χ1v) is 8.91. The zero-order valence-electron chi connectivity index (χ0n) is 10.9. The maximum absolute atomic E-state index is 12.4. The van der Waals surface area contributed by atoms with Crippen molar-refractivity contribution in [2.24, 2.45) is 0 Å². The van der Waals surface area contributed by atoms with E-state index in [0.717, 1.165) is 11.1 Å². The SMILES string of the molecule is Cc1ccc(NS(=O)(=O)c2cc(Br)ccc2Br)cc1C. The molecule has 0 bridgehead atoms. The van der Waals surface area contributed by atoms with E-state index in [0.29, 0.717) is 14.6 Å². The molecule has 0 saturated carbocycles. The molecule has 2 rings (SSSR count). The van der Waals surface area contributed by atoms with Gasteiger partial charge in [-0.3, -0.25) is 4.72 Å². The summed E-state index contributed by atoms with van der Waals surface area (Å²) in [7, 11) is -3.62. The minimum absolute atomic E-state index is 0.199. The van der Waals surface area contributed by atoms with Gasteiger partial charge in [-0.1, -0.05) is 22.0 Å². The molecule has 0 aliphatic heterocycles. The molecule has 0 unspecified atom stereocenters. The maximum atomic E-state index is 12.4. The van der Waals surface area contributed by atoms with Crippen molar-refractivity contribution in [2.75, 3.05) is 4.72 Å². The summed E-state index contributed by atoms with van der Waals surface area (Å²) in [5.41, 5.74) is 2.72. The predicted octanol–water partition coefficient (Wildman–Crippen LogP) is 4.63. The molecule has 2 aromatic carbocycles. The molecule has 0 aromatic heterocycles. The van der Waals surface area contributed by atoms with Crippen LogP contribution in [0.3, 0.4) is 0 Å². The third-order valence-corrected chi connectivity index (χ3v) is 5.81. The molecule has 0 saturated heterocycles. The summed E-state index contributed by atoms with van der Waals surface area (Å²) in [6, 6.07) is 10.5. The molecular weight excluding hydrogens is 406 g/mol. The second-order valence-electron chi connectivity index (χ2n) is 4.48. The third-order valence-electron chi connectivity index (χ3n) is 2.94. The van der Waals surface area contributed by atoms with Crippen molar-refractivity contribution in [2.45, 2.75) is 18.7 Å². The van der Waals surface area contributed by atoms with Gasteiger partial charge in [0.15, 0.2) is 0 Å². The Morgan fingerprint density at radius 3 is 2.30 bits per heavy atom. The summed E-state index contributed by atoms with van der Waals surface area (Å²) in [5, 5.41) is 0. The highest BCUT2D eigenvalue weighted by molar-refractivity contribution is 9.11. The van der Waals surface area contributed by atoms with Crippen molar-refractivity contribution in [3.63, 3.8) is 0 Å². The number of halogens is 2. The highest BCUT2D eigenvalue weighted by Gasteiger charge is 2.18. The van der Waals surface area contributed by atoms with Gasteiger partial charge in [0, 0.05) is 14.6 Å². The number of hydrogen-bond donors (Lipinski definition) is 1. The van der Waals surface area contributed by atoms with Gasteiger partial charge in [-0.05, 0) is 71.2 Å². The smallest absolute Gasteiger partial charge is 0.263 e. The summed E-state index contributed by atoms with van der Waals surface area (Å²) < 4.78 is 28.6. The second kappa shape index (κ2) is 5.87. The quantitative estimate of drug-likeness (QED) is 0.789. The van der Waals surface area contributed by atoms with Gasteiger partial charge in [0.25, 0.3) is 10.0 Å². The van der Waals surface area contributed by atoms with Crippen LogP contribution in [0.25, 0.3) is 0 Å². The van der Waals surface area contributed by atoms with Gasteiger partial charge in [-0.15, -0.1) is 0 Å². The van der Waals surface area contributed by atoms with E-state index in [-0.39, 0.29) is 4.90 Å². The summed E-state index contributed by atoms with van der Waals surface area (Å²) in [6.45, 7) is 3.93. The fourth-order valence-corrected chi connectivity index (χ4v) is 4.25. The number of nitrogens with one attached hydrogen (secondary N) is 1. The molecule has 0 fully saturated rings. The third kappa shape index (κ3) is 3.42. The number of aryl methyl sites for hydroxylation is 2. The molecule has 0 aliphatic carbocycles. The number of sulfonamides is 1. The molecule has 0 radical (unpaired) electrons. The van der Waals surface area contributed by atoms with Crippen molar-refractivity contribution in [1.82, 2.24) is 0 Å². The van der Waals surface area contributed by atoms with E-state index in [1.807, 2.05) is 26.0 Å². The van der Waals surface area contributed by atoms with Crippen molar-refractivity contribution in [1.29, 1.82) is 0 Å². The Kier molecular flexibility index (Phi) is 4.56.